The van der Waals surface area contributed by atoms with Crippen molar-refractivity contribution >= 4 is 153 Å². The molecule has 0 aromatic carbocycles. The molecule has 6 N–H and O–H groups in total. The van der Waals surface area contributed by atoms with Crippen molar-refractivity contribution in [2.75, 3.05) is 66.6 Å². The van der Waals surface area contributed by atoms with Crippen LogP contribution >= 0.6 is 45.3 Å². The van der Waals surface area contributed by atoms with Crippen molar-refractivity contribution in [2.45, 2.75) is 144 Å². The highest BCUT2D eigenvalue weighted by Gasteiger charge is 2.52. The molecule has 3 saturated carbocycles. The molecule has 0 bridgehead atoms. The molecule has 3 aliphatic carbocycles. The Balaban J connectivity index is 0.000000117. The summed E-state index contributed by atoms with van der Waals surface area (Å²) < 4.78 is 81.7. The molecule has 5 fully saturated rings. The van der Waals surface area contributed by atoms with Crippen LogP contribution in [-0.4, -0.2) is 211 Å². The van der Waals surface area contributed by atoms with Crippen molar-refractivity contribution in [3.8, 4) is 69.3 Å². The molecule has 0 atom stereocenters. The Morgan fingerprint density at radius 3 is 1.18 bits per heavy atom. The zero-order valence-electron chi connectivity index (χ0n) is 71.1. The fourth-order valence-electron chi connectivity index (χ4n) is 15.7. The molecule has 40 nitrogen and oxygen atoms in total. The smallest absolute Gasteiger partial charge is 0.228 e. The van der Waals surface area contributed by atoms with Gasteiger partial charge in [0.25, 0.3) is 0 Å². The van der Waals surface area contributed by atoms with E-state index in [1.54, 1.807) is 114 Å². The summed E-state index contributed by atoms with van der Waals surface area (Å²) in [6, 6.07) is 17.1. The van der Waals surface area contributed by atoms with E-state index < -0.39 is 54.0 Å². The third-order valence-electron chi connectivity index (χ3n) is 23.1. The van der Waals surface area contributed by atoms with E-state index in [9.17, 15) is 47.2 Å². The topological polar surface area (TPSA) is 504 Å². The molecule has 130 heavy (non-hydrogen) atoms. The highest BCUT2D eigenvalue weighted by atomic mass is 32.2. The van der Waals surface area contributed by atoms with E-state index in [4.69, 9.17) is 25.2 Å². The van der Waals surface area contributed by atoms with E-state index in [0.29, 0.717) is 78.4 Å². The van der Waals surface area contributed by atoms with E-state index in [1.165, 1.54) is 44.1 Å². The van der Waals surface area contributed by atoms with Crippen molar-refractivity contribution in [3.63, 3.8) is 0 Å². The first-order valence-corrected chi connectivity index (χ1v) is 48.3. The molecule has 21 rings (SSSR count). The molecule has 2 saturated heterocycles. The number of nitrogens with zero attached hydrogens (tertiary/aromatic N) is 30. The molecule has 0 amide bonds. The molecule has 666 valence electrons. The average molecular weight is 1870 g/mol. The van der Waals surface area contributed by atoms with Crippen LogP contribution in [-0.2, 0) is 61.3 Å². The molecule has 2 aliphatic heterocycles. The van der Waals surface area contributed by atoms with Crippen LogP contribution in [0.5, 0.6) is 0 Å². The highest BCUT2D eigenvalue weighted by Crippen LogP contribution is 2.49. The number of aliphatic hydroxyl groups is 2. The monoisotopic (exact) mass is 1860 g/mol. The SMILES string of the molecule is CC(C)(CO)n1cc(Nc2nc(-c3cnn(C4(CC#N)CN(S(C)(=O)=O)C4)c3)c3sccc3n2)cn1.CC(C)(O)Cn1cc(Nc2nc(-c3cnn(C4(CC#N)CN(S(C)(=O)=O)C4)c3)c3sccc3n2)cn1.Cn1cc(Nc2nc(-c3cnn(C4(CC#N)CC(F)C4)c3)c3sccc3n2)cn1.N#CCC1(n2cc(-c3nc(Nc4cnn(C5CC5)c4)nc4ccsc34)cn2)CC1. The number of rotatable bonds is 27. The lowest BCUT2D eigenvalue weighted by Crippen LogP contribution is -2.63. The van der Waals surface area contributed by atoms with Crippen LogP contribution in [0.2, 0.25) is 0 Å². The molecular formula is C83H85FN34O6S6. The maximum Gasteiger partial charge on any atom is 0.228 e. The molecule has 0 unspecified atom stereocenters. The third-order valence-corrected chi connectivity index (χ3v) is 29.1. The van der Waals surface area contributed by atoms with Gasteiger partial charge >= 0.3 is 0 Å². The van der Waals surface area contributed by atoms with E-state index in [0.717, 1.165) is 111 Å². The van der Waals surface area contributed by atoms with Gasteiger partial charge in [0.2, 0.25) is 43.8 Å². The van der Waals surface area contributed by atoms with Crippen molar-refractivity contribution in [3.05, 3.63) is 145 Å². The standard InChI is InChI=1S/2C22H25N9O3S2.C20H18N8S.C19H17FN8S/c1-21(2,14-32)30-11-16(9-25-30)26-20-27-17-4-7-35-19(17)18(28-20)15-8-24-31(10-15)22(5-6-23)12-29(13-22)36(3,33)34;1-21(2,32)12-29-11-16(9-24-29)26-20-27-17-4-7-35-19(17)18(28-20)15-8-25-31(10-15)22(5-6-23)13-30(14-22)36(3,33)34;21-7-6-20(4-5-20)28-11-13(9-23-28)17-18-16(3-8-29-18)25-19(26-17)24-14-10-22-27(12-14)15-1-2-15;1-27-11-14(9-22-27)24-18-25-15-2-5-29-17(15)16(26-18)12-8-23-28(10-12)19(3-4-21)6-13(20)7-19/h2*4,7-11,32H,5,12-14H2,1-3H3,(H,26,27,28);3,8-12,15H,1-2,4-6H2,(H,24,25,26);2,5,8-11,13H,3,6-7H2,1H3,(H,24,25,26). The first-order valence-electron chi connectivity index (χ1n) is 41.1. The summed E-state index contributed by atoms with van der Waals surface area (Å²) in [6.07, 6.45) is 36.1. The number of fused-ring (bicyclic) bond motifs is 4. The Morgan fingerprint density at radius 1 is 0.462 bits per heavy atom. The second-order valence-corrected chi connectivity index (χ2v) is 42.0. The van der Waals surface area contributed by atoms with Crippen LogP contribution in [0.1, 0.15) is 97.9 Å². The Bertz CT molecular complexity index is 7340. The van der Waals surface area contributed by atoms with Gasteiger partial charge in [0.1, 0.15) is 17.2 Å². The first kappa shape index (κ1) is 87.4. The third kappa shape index (κ3) is 18.0. The molecule has 47 heteroatoms. The van der Waals surface area contributed by atoms with E-state index >= 15 is 0 Å². The number of thiophene rings is 4. The van der Waals surface area contributed by atoms with Gasteiger partial charge in [-0.2, -0.15) is 70.4 Å². The van der Waals surface area contributed by atoms with Crippen LogP contribution in [0.15, 0.2) is 145 Å². The summed E-state index contributed by atoms with van der Waals surface area (Å²) in [4.78, 5) is 37.5. The van der Waals surface area contributed by atoms with Gasteiger partial charge in [0.15, 0.2) is 0 Å². The van der Waals surface area contributed by atoms with Crippen LogP contribution in [0.4, 0.5) is 50.9 Å². The lowest BCUT2D eigenvalue weighted by Gasteiger charge is -2.47. The van der Waals surface area contributed by atoms with Gasteiger partial charge in [-0.25, -0.2) is 61.1 Å². The predicted molar refractivity (Wildman–Crippen MR) is 488 cm³/mol. The largest absolute Gasteiger partial charge is 0.394 e. The van der Waals surface area contributed by atoms with Crippen molar-refractivity contribution < 1.29 is 31.4 Å². The number of anilines is 8. The van der Waals surface area contributed by atoms with Crippen molar-refractivity contribution in [2.24, 2.45) is 7.05 Å². The molecule has 0 radical (unpaired) electrons. The van der Waals surface area contributed by atoms with E-state index in [2.05, 4.69) is 106 Å². The second kappa shape index (κ2) is 34.3. The maximum atomic E-state index is 13.6. The fourth-order valence-corrected chi connectivity index (χ4v) is 21.0. The number of sulfonamides is 2. The minimum absolute atomic E-state index is 0.0607. The van der Waals surface area contributed by atoms with Crippen LogP contribution in [0.25, 0.3) is 85.9 Å². The second-order valence-electron chi connectivity index (χ2n) is 34.3. The number of aryl methyl sites for hydroxylation is 1. The van der Waals surface area contributed by atoms with Gasteiger partial charge in [-0.3, -0.25) is 37.5 Å². The normalized spacial score (nSPS) is 17.5. The summed E-state index contributed by atoms with van der Waals surface area (Å²) in [5, 5.41) is 113. The zero-order chi connectivity index (χ0) is 90.9. The predicted octanol–water partition coefficient (Wildman–Crippen LogP) is 12.3. The molecular weight excluding hydrogens is 1780 g/mol. The maximum absolute atomic E-state index is 13.6. The highest BCUT2D eigenvalue weighted by molar-refractivity contribution is 7.88. The first-order chi connectivity index (χ1) is 62.3. The number of hydrogen-bond acceptors (Lipinski definition) is 34. The number of alkyl halides is 1. The minimum Gasteiger partial charge on any atom is -0.394 e. The minimum atomic E-state index is -3.34. The summed E-state index contributed by atoms with van der Waals surface area (Å²) in [7, 11) is -4.84. The summed E-state index contributed by atoms with van der Waals surface area (Å²) in [5.41, 5.74) is 8.94. The van der Waals surface area contributed by atoms with Gasteiger partial charge in [0.05, 0.1) is 240 Å². The summed E-state index contributed by atoms with van der Waals surface area (Å²) in [5.74, 6) is 1.77. The van der Waals surface area contributed by atoms with Crippen LogP contribution in [0.3, 0.4) is 0 Å². The fraction of sp³-hybridized carbons (Fsp3) is 0.373. The van der Waals surface area contributed by atoms with Gasteiger partial charge in [0, 0.05) is 118 Å². The average Bonchev–Trinajstić information content (AvgIpc) is 1.44. The molecule has 16 aromatic rings. The van der Waals surface area contributed by atoms with Gasteiger partial charge in [-0.15, -0.1) is 45.3 Å². The van der Waals surface area contributed by atoms with Crippen LogP contribution < -0.4 is 21.3 Å². The quantitative estimate of drug-likeness (QED) is 0.0278. The van der Waals surface area contributed by atoms with Crippen molar-refractivity contribution in [1.82, 2.24) is 127 Å². The van der Waals surface area contributed by atoms with Crippen LogP contribution in [0, 0.1) is 45.3 Å². The van der Waals surface area contributed by atoms with Gasteiger partial charge < -0.3 is 31.5 Å². The number of hydrogen-bond donors (Lipinski definition) is 6. The Labute approximate surface area is 758 Å². The zero-order valence-corrected chi connectivity index (χ0v) is 76.0. The number of halogens is 1. The van der Waals surface area contributed by atoms with E-state index in [1.807, 2.05) is 126 Å². The summed E-state index contributed by atoms with van der Waals surface area (Å²) >= 11 is 6.20. The lowest BCUT2D eigenvalue weighted by atomic mass is 9.73. The number of aromatic nitrogens is 24. The molecule has 0 spiro atoms. The number of nitrogens with one attached hydrogen (secondary N) is 4. The number of nitriles is 4. The Kier molecular flexibility index (Phi) is 23.0. The Morgan fingerprint density at radius 2 is 0.815 bits per heavy atom. The van der Waals surface area contributed by atoms with Gasteiger partial charge in [-0.05, 0) is 99.2 Å². The van der Waals surface area contributed by atoms with Crippen molar-refractivity contribution in [1.29, 1.82) is 21.0 Å². The molecule has 5 aliphatic rings. The summed E-state index contributed by atoms with van der Waals surface area (Å²) in [6.45, 7) is 8.24. The molecule has 16 aromatic heterocycles. The number of aliphatic hydroxyl groups excluding tert-OH is 1. The van der Waals surface area contributed by atoms with Gasteiger partial charge in [-0.1, -0.05) is 0 Å². The Hall–Kier alpha value is -13.3. The molecule has 18 heterocycles. The van der Waals surface area contributed by atoms with E-state index in [-0.39, 0.29) is 57.6 Å². The lowest BCUT2D eigenvalue weighted by molar-refractivity contribution is 0.0293.